The van der Waals surface area contributed by atoms with Crippen LogP contribution in [0.3, 0.4) is 0 Å². The monoisotopic (exact) mass is 584 g/mol. The lowest BCUT2D eigenvalue weighted by Gasteiger charge is -2.39. The van der Waals surface area contributed by atoms with E-state index in [2.05, 4.69) is 58.9 Å². The molecular formula is C34H40N4O3S. The summed E-state index contributed by atoms with van der Waals surface area (Å²) < 4.78 is 6.09. The Morgan fingerprint density at radius 1 is 1.14 bits per heavy atom. The van der Waals surface area contributed by atoms with E-state index in [1.165, 1.54) is 16.9 Å². The van der Waals surface area contributed by atoms with E-state index in [4.69, 9.17) is 4.74 Å². The van der Waals surface area contributed by atoms with Crippen molar-refractivity contribution in [1.82, 2.24) is 14.9 Å². The maximum absolute atomic E-state index is 12.0. The Morgan fingerprint density at radius 3 is 2.71 bits per heavy atom. The molecule has 1 saturated heterocycles. The van der Waals surface area contributed by atoms with Gasteiger partial charge in [0, 0.05) is 60.9 Å². The highest BCUT2D eigenvalue weighted by molar-refractivity contribution is 7.10. The highest BCUT2D eigenvalue weighted by Gasteiger charge is 2.31. The van der Waals surface area contributed by atoms with Gasteiger partial charge in [-0.05, 0) is 77.4 Å². The maximum atomic E-state index is 12.0. The molecule has 1 fully saturated rings. The van der Waals surface area contributed by atoms with Crippen LogP contribution in [0.1, 0.15) is 73.7 Å². The Labute approximate surface area is 251 Å². The average molecular weight is 585 g/mol. The molecule has 0 saturated carbocycles. The van der Waals surface area contributed by atoms with Crippen LogP contribution in [0.4, 0.5) is 5.69 Å². The first-order valence-electron chi connectivity index (χ1n) is 14.9. The number of aromatic carboxylic acids is 1. The van der Waals surface area contributed by atoms with Gasteiger partial charge in [0.1, 0.15) is 22.7 Å². The van der Waals surface area contributed by atoms with Gasteiger partial charge in [0.05, 0.1) is 6.20 Å². The first-order valence-corrected chi connectivity index (χ1v) is 15.8. The Morgan fingerprint density at radius 2 is 1.95 bits per heavy atom. The third kappa shape index (κ3) is 5.96. The highest BCUT2D eigenvalue weighted by atomic mass is 32.1. The van der Waals surface area contributed by atoms with E-state index in [1.54, 1.807) is 23.4 Å². The number of carboxylic acid groups (broad SMARTS) is 1. The molecule has 4 aromatic rings. The normalized spacial score (nSPS) is 17.8. The molecule has 0 radical (unpaired) electrons. The van der Waals surface area contributed by atoms with Crippen LogP contribution >= 0.6 is 11.3 Å². The minimum atomic E-state index is -1.01. The summed E-state index contributed by atoms with van der Waals surface area (Å²) in [5, 5.41) is 13.0. The molecule has 0 atom stereocenters. The molecule has 1 aliphatic carbocycles. The fourth-order valence-electron chi connectivity index (χ4n) is 6.31. The van der Waals surface area contributed by atoms with Crippen LogP contribution < -0.4 is 9.64 Å². The summed E-state index contributed by atoms with van der Waals surface area (Å²) in [5.74, 6) is 0.368. The van der Waals surface area contributed by atoms with Crippen LogP contribution in [0.25, 0.3) is 16.6 Å². The Hall–Kier alpha value is -3.62. The van der Waals surface area contributed by atoms with E-state index in [-0.39, 0.29) is 5.56 Å². The first-order chi connectivity index (χ1) is 20.2. The number of benzene rings is 1. The summed E-state index contributed by atoms with van der Waals surface area (Å²) in [5.41, 5.74) is 6.88. The van der Waals surface area contributed by atoms with E-state index in [1.807, 2.05) is 41.8 Å². The number of ether oxygens (including phenoxy) is 1. The Kier molecular flexibility index (Phi) is 7.85. The number of anilines is 1. The number of rotatable bonds is 8. The number of hydrogen-bond donors (Lipinski definition) is 2. The number of fused-ring (bicyclic) bond motifs is 1. The molecule has 0 spiro atoms. The lowest BCUT2D eigenvalue weighted by molar-refractivity contribution is 0.0694. The minimum Gasteiger partial charge on any atom is -0.478 e. The number of carboxylic acids is 1. The SMILES string of the molecule is CC(C)c1sccc1C1=C(CN2CCN(c3ccc(C(=O)O)c(Oc4cnc5[nH]ccc5c4)c3)CC2)CCC(C)(C)C1. The molecule has 8 heteroatoms. The lowest BCUT2D eigenvalue weighted by Crippen LogP contribution is -2.47. The third-order valence-electron chi connectivity index (χ3n) is 8.68. The summed E-state index contributed by atoms with van der Waals surface area (Å²) in [6, 6.07) is 11.5. The minimum absolute atomic E-state index is 0.139. The van der Waals surface area contributed by atoms with Gasteiger partial charge in [0.25, 0.3) is 0 Å². The van der Waals surface area contributed by atoms with Crippen LogP contribution in [0.2, 0.25) is 0 Å². The standard InChI is InChI=1S/C34H40N4O3S/c1-22(2)31-27(9-16-42-31)29-19-34(3,4)10-7-24(29)21-37-12-14-38(15-13-37)25-5-6-28(33(39)40)30(18-25)41-26-17-23-8-11-35-32(23)36-20-26/h5-6,8-9,11,16-18,20,22H,7,10,12-15,19,21H2,1-4H3,(H,35,36)(H,39,40). The Balaban J connectivity index is 1.18. The van der Waals surface area contributed by atoms with E-state index >= 15 is 0 Å². The quantitative estimate of drug-likeness (QED) is 0.218. The molecule has 6 rings (SSSR count). The summed E-state index contributed by atoms with van der Waals surface area (Å²) in [6.07, 6.45) is 6.98. The molecule has 42 heavy (non-hydrogen) atoms. The number of aromatic nitrogens is 2. The molecule has 2 aliphatic rings. The largest absolute Gasteiger partial charge is 0.478 e. The van der Waals surface area contributed by atoms with Gasteiger partial charge in [0.2, 0.25) is 0 Å². The van der Waals surface area contributed by atoms with Crippen LogP contribution in [0, 0.1) is 5.41 Å². The number of allylic oxidation sites excluding steroid dienone is 1. The van der Waals surface area contributed by atoms with Crippen LogP contribution in [0.15, 0.2) is 59.7 Å². The molecule has 220 valence electrons. The number of carbonyl (C=O) groups is 1. The summed E-state index contributed by atoms with van der Waals surface area (Å²) >= 11 is 1.90. The second-order valence-corrected chi connectivity index (χ2v) is 13.7. The number of thiophene rings is 1. The number of H-pyrrole nitrogens is 1. The fourth-order valence-corrected chi connectivity index (χ4v) is 7.26. The molecule has 1 aromatic carbocycles. The van der Waals surface area contributed by atoms with Crippen LogP contribution in [-0.2, 0) is 0 Å². The van der Waals surface area contributed by atoms with Crippen LogP contribution in [0.5, 0.6) is 11.5 Å². The van der Waals surface area contributed by atoms with Crippen molar-refractivity contribution in [2.24, 2.45) is 5.41 Å². The van der Waals surface area contributed by atoms with E-state index in [0.29, 0.717) is 22.8 Å². The number of nitrogens with zero attached hydrogens (tertiary/aromatic N) is 3. The number of nitrogens with one attached hydrogen (secondary N) is 1. The van der Waals surface area contributed by atoms with Gasteiger partial charge in [-0.1, -0.05) is 33.3 Å². The third-order valence-corrected chi connectivity index (χ3v) is 9.90. The number of aromatic amines is 1. The second kappa shape index (κ2) is 11.6. The summed E-state index contributed by atoms with van der Waals surface area (Å²) in [6.45, 7) is 14.1. The predicted molar refractivity (Wildman–Crippen MR) is 171 cm³/mol. The van der Waals surface area contributed by atoms with Crippen LogP contribution in [-0.4, -0.2) is 58.7 Å². The smallest absolute Gasteiger partial charge is 0.339 e. The average Bonchev–Trinajstić information content (AvgIpc) is 3.64. The topological polar surface area (TPSA) is 81.7 Å². The summed E-state index contributed by atoms with van der Waals surface area (Å²) in [7, 11) is 0. The predicted octanol–water partition coefficient (Wildman–Crippen LogP) is 8.02. The van der Waals surface area contributed by atoms with Crippen molar-refractivity contribution in [3.8, 4) is 11.5 Å². The van der Waals surface area contributed by atoms with E-state index in [0.717, 1.165) is 62.3 Å². The molecule has 0 unspecified atom stereocenters. The van der Waals surface area contributed by atoms with Gasteiger partial charge in [-0.15, -0.1) is 11.3 Å². The van der Waals surface area contributed by atoms with Crippen molar-refractivity contribution in [2.75, 3.05) is 37.6 Å². The Bertz CT molecular complexity index is 1620. The molecule has 4 heterocycles. The van der Waals surface area contributed by atoms with E-state index in [9.17, 15) is 9.90 Å². The van der Waals surface area contributed by atoms with Gasteiger partial charge in [-0.25, -0.2) is 9.78 Å². The van der Waals surface area contributed by atoms with Crippen molar-refractivity contribution in [2.45, 2.75) is 52.9 Å². The number of piperazine rings is 1. The molecule has 0 bridgehead atoms. The molecule has 3 aromatic heterocycles. The maximum Gasteiger partial charge on any atom is 0.339 e. The van der Waals surface area contributed by atoms with Crippen molar-refractivity contribution >= 4 is 39.6 Å². The molecular weight excluding hydrogens is 544 g/mol. The van der Waals surface area contributed by atoms with Gasteiger partial charge in [0.15, 0.2) is 0 Å². The number of pyridine rings is 1. The summed E-state index contributed by atoms with van der Waals surface area (Å²) in [4.78, 5) is 25.9. The zero-order chi connectivity index (χ0) is 29.4. The molecule has 2 N–H and O–H groups in total. The van der Waals surface area contributed by atoms with Gasteiger partial charge < -0.3 is 19.7 Å². The van der Waals surface area contributed by atoms with Crippen molar-refractivity contribution in [3.63, 3.8) is 0 Å². The van der Waals surface area contributed by atoms with Crippen molar-refractivity contribution in [1.29, 1.82) is 0 Å². The molecule has 1 aliphatic heterocycles. The van der Waals surface area contributed by atoms with Gasteiger partial charge >= 0.3 is 5.97 Å². The van der Waals surface area contributed by atoms with Gasteiger partial charge in [-0.3, -0.25) is 4.90 Å². The second-order valence-electron chi connectivity index (χ2n) is 12.7. The highest BCUT2D eigenvalue weighted by Crippen LogP contribution is 2.46. The zero-order valence-corrected chi connectivity index (χ0v) is 25.8. The molecule has 7 nitrogen and oxygen atoms in total. The zero-order valence-electron chi connectivity index (χ0n) is 24.9. The fraction of sp³-hybridized carbons (Fsp3) is 0.412. The first kappa shape index (κ1) is 28.5. The van der Waals surface area contributed by atoms with E-state index < -0.39 is 5.97 Å². The lowest BCUT2D eigenvalue weighted by atomic mass is 9.72. The van der Waals surface area contributed by atoms with Gasteiger partial charge in [-0.2, -0.15) is 0 Å². The number of hydrogen-bond acceptors (Lipinski definition) is 6. The van der Waals surface area contributed by atoms with Crippen molar-refractivity contribution < 1.29 is 14.6 Å². The van der Waals surface area contributed by atoms with Crippen molar-refractivity contribution in [3.05, 3.63) is 75.7 Å². The molecule has 0 amide bonds.